The molecule has 2 heterocycles. The van der Waals surface area contributed by atoms with Gasteiger partial charge in [0.2, 0.25) is 0 Å². The first-order valence-electron chi connectivity index (χ1n) is 9.78. The van der Waals surface area contributed by atoms with Crippen LogP contribution in [0.5, 0.6) is 0 Å². The van der Waals surface area contributed by atoms with E-state index in [9.17, 15) is 0 Å². The fraction of sp³-hybridized carbons (Fsp3) is 0.348. The third-order valence-corrected chi connectivity index (χ3v) is 5.44. The second-order valence-corrected chi connectivity index (χ2v) is 7.45. The smallest absolute Gasteiger partial charge is 0.0932 e. The molecule has 0 aliphatic carbocycles. The zero-order chi connectivity index (χ0) is 18.6. The Bertz CT molecular complexity index is 809. The van der Waals surface area contributed by atoms with E-state index in [0.717, 1.165) is 38.5 Å². The Balaban J connectivity index is 1.48. The van der Waals surface area contributed by atoms with Gasteiger partial charge in [-0.2, -0.15) is 5.10 Å². The Kier molecular flexibility index (Phi) is 5.37. The third kappa shape index (κ3) is 4.12. The average molecular weight is 361 g/mol. The minimum Gasteiger partial charge on any atom is -0.290 e. The Morgan fingerprint density at radius 2 is 1.37 bits per heavy atom. The van der Waals surface area contributed by atoms with Crippen LogP contribution in [0.25, 0.3) is 0 Å². The number of piperazine rings is 1. The van der Waals surface area contributed by atoms with Crippen molar-refractivity contribution in [3.8, 4) is 0 Å². The van der Waals surface area contributed by atoms with Crippen LogP contribution in [0.15, 0.2) is 66.7 Å². The molecular weight excluding hydrogens is 332 g/mol. The van der Waals surface area contributed by atoms with E-state index in [1.54, 1.807) is 0 Å². The molecule has 1 aromatic heterocycles. The van der Waals surface area contributed by atoms with Crippen LogP contribution in [-0.2, 0) is 6.67 Å². The lowest BCUT2D eigenvalue weighted by molar-refractivity contribution is 0.0843. The van der Waals surface area contributed by atoms with E-state index in [0.29, 0.717) is 6.04 Å². The van der Waals surface area contributed by atoms with E-state index in [1.165, 1.54) is 16.8 Å². The van der Waals surface area contributed by atoms with Crippen molar-refractivity contribution in [2.45, 2.75) is 26.6 Å². The zero-order valence-electron chi connectivity index (χ0n) is 16.3. The monoisotopic (exact) mass is 360 g/mol. The van der Waals surface area contributed by atoms with Gasteiger partial charge in [0.15, 0.2) is 0 Å². The first-order valence-corrected chi connectivity index (χ1v) is 9.78. The molecule has 0 saturated carbocycles. The normalized spacial score (nSPS) is 16.1. The number of hydrogen-bond acceptors (Lipinski definition) is 3. The lowest BCUT2D eigenvalue weighted by atomic mass is 9.96. The van der Waals surface area contributed by atoms with Gasteiger partial charge < -0.3 is 0 Å². The van der Waals surface area contributed by atoms with Gasteiger partial charge in [-0.1, -0.05) is 60.7 Å². The topological polar surface area (TPSA) is 24.3 Å². The number of hydrogen-bond donors (Lipinski definition) is 0. The van der Waals surface area contributed by atoms with Gasteiger partial charge in [0.25, 0.3) is 0 Å². The summed E-state index contributed by atoms with van der Waals surface area (Å²) in [7, 11) is 0. The number of aryl methyl sites for hydroxylation is 2. The zero-order valence-corrected chi connectivity index (χ0v) is 16.3. The van der Waals surface area contributed by atoms with Crippen molar-refractivity contribution < 1.29 is 0 Å². The predicted molar refractivity (Wildman–Crippen MR) is 110 cm³/mol. The molecule has 0 radical (unpaired) electrons. The van der Waals surface area contributed by atoms with Crippen LogP contribution in [0, 0.1) is 13.8 Å². The summed E-state index contributed by atoms with van der Waals surface area (Å²) >= 11 is 0. The Morgan fingerprint density at radius 1 is 0.815 bits per heavy atom. The summed E-state index contributed by atoms with van der Waals surface area (Å²) in [4.78, 5) is 5.12. The fourth-order valence-corrected chi connectivity index (χ4v) is 4.06. The molecular formula is C23H28N4. The Morgan fingerprint density at radius 3 is 1.85 bits per heavy atom. The quantitative estimate of drug-likeness (QED) is 0.690. The van der Waals surface area contributed by atoms with Crippen LogP contribution in [0.4, 0.5) is 0 Å². The van der Waals surface area contributed by atoms with Crippen molar-refractivity contribution in [1.82, 2.24) is 19.6 Å². The van der Waals surface area contributed by atoms with E-state index < -0.39 is 0 Å². The van der Waals surface area contributed by atoms with Gasteiger partial charge in [0.05, 0.1) is 18.4 Å². The average Bonchev–Trinajstić information content (AvgIpc) is 3.02. The largest absolute Gasteiger partial charge is 0.290 e. The van der Waals surface area contributed by atoms with Gasteiger partial charge >= 0.3 is 0 Å². The van der Waals surface area contributed by atoms with Crippen LogP contribution in [0.3, 0.4) is 0 Å². The highest BCUT2D eigenvalue weighted by Crippen LogP contribution is 2.29. The molecule has 0 N–H and O–H groups in total. The molecule has 27 heavy (non-hydrogen) atoms. The van der Waals surface area contributed by atoms with Crippen molar-refractivity contribution in [3.05, 3.63) is 89.2 Å². The SMILES string of the molecule is Cc1cc(C)n(CN2CCN(C(c3ccccc3)c3ccccc3)CC2)n1. The number of benzene rings is 2. The number of aromatic nitrogens is 2. The van der Waals surface area contributed by atoms with Gasteiger partial charge in [0.1, 0.15) is 0 Å². The summed E-state index contributed by atoms with van der Waals surface area (Å²) in [6.07, 6.45) is 0. The first-order chi connectivity index (χ1) is 13.2. The fourth-order valence-electron chi connectivity index (χ4n) is 4.06. The molecule has 4 rings (SSSR count). The van der Waals surface area contributed by atoms with Crippen LogP contribution >= 0.6 is 0 Å². The minimum atomic E-state index is 0.322. The molecule has 2 aromatic carbocycles. The van der Waals surface area contributed by atoms with Gasteiger partial charge in [-0.25, -0.2) is 0 Å². The summed E-state index contributed by atoms with van der Waals surface area (Å²) in [5.41, 5.74) is 5.08. The molecule has 0 bridgehead atoms. The van der Waals surface area contributed by atoms with Gasteiger partial charge in [-0.3, -0.25) is 14.5 Å². The molecule has 140 valence electrons. The molecule has 1 fully saturated rings. The highest BCUT2D eigenvalue weighted by molar-refractivity contribution is 5.31. The molecule has 1 saturated heterocycles. The van der Waals surface area contributed by atoms with Crippen molar-refractivity contribution in [2.24, 2.45) is 0 Å². The molecule has 0 spiro atoms. The van der Waals surface area contributed by atoms with Crippen LogP contribution < -0.4 is 0 Å². The maximum Gasteiger partial charge on any atom is 0.0932 e. The van der Waals surface area contributed by atoms with Gasteiger partial charge in [-0.15, -0.1) is 0 Å². The highest BCUT2D eigenvalue weighted by Gasteiger charge is 2.26. The second kappa shape index (κ2) is 8.07. The van der Waals surface area contributed by atoms with E-state index in [1.807, 2.05) is 0 Å². The van der Waals surface area contributed by atoms with E-state index in [4.69, 9.17) is 0 Å². The van der Waals surface area contributed by atoms with Crippen molar-refractivity contribution in [2.75, 3.05) is 26.2 Å². The summed E-state index contributed by atoms with van der Waals surface area (Å²) < 4.78 is 2.12. The Labute approximate surface area is 162 Å². The third-order valence-electron chi connectivity index (χ3n) is 5.44. The van der Waals surface area contributed by atoms with E-state index >= 15 is 0 Å². The molecule has 0 amide bonds. The maximum atomic E-state index is 4.62. The maximum absolute atomic E-state index is 4.62. The van der Waals surface area contributed by atoms with Crippen molar-refractivity contribution >= 4 is 0 Å². The minimum absolute atomic E-state index is 0.322. The van der Waals surface area contributed by atoms with Gasteiger partial charge in [0, 0.05) is 31.9 Å². The molecule has 1 aliphatic rings. The lowest BCUT2D eigenvalue weighted by Crippen LogP contribution is -2.48. The summed E-state index contributed by atoms with van der Waals surface area (Å²) in [5, 5.41) is 4.62. The van der Waals surface area contributed by atoms with Crippen LogP contribution in [0.2, 0.25) is 0 Å². The molecule has 0 atom stereocenters. The molecule has 1 aliphatic heterocycles. The number of nitrogens with zero attached hydrogens (tertiary/aromatic N) is 4. The highest BCUT2D eigenvalue weighted by atomic mass is 15.4. The first kappa shape index (κ1) is 18.0. The summed E-state index contributed by atoms with van der Waals surface area (Å²) in [5.74, 6) is 0. The van der Waals surface area contributed by atoms with Crippen molar-refractivity contribution in [3.63, 3.8) is 0 Å². The van der Waals surface area contributed by atoms with Crippen LogP contribution in [-0.4, -0.2) is 45.8 Å². The predicted octanol–water partition coefficient (Wildman–Crippen LogP) is 3.86. The van der Waals surface area contributed by atoms with Gasteiger partial charge in [-0.05, 0) is 31.0 Å². The number of rotatable bonds is 5. The van der Waals surface area contributed by atoms with E-state index in [2.05, 4.69) is 100 Å². The molecule has 0 unspecified atom stereocenters. The lowest BCUT2D eigenvalue weighted by Gasteiger charge is -2.39. The molecule has 4 heteroatoms. The van der Waals surface area contributed by atoms with Crippen LogP contribution in [0.1, 0.15) is 28.6 Å². The summed E-state index contributed by atoms with van der Waals surface area (Å²) in [6, 6.07) is 24.2. The summed E-state index contributed by atoms with van der Waals surface area (Å²) in [6.45, 7) is 9.34. The second-order valence-electron chi connectivity index (χ2n) is 7.45. The Hall–Kier alpha value is -2.43. The molecule has 3 aromatic rings. The van der Waals surface area contributed by atoms with E-state index in [-0.39, 0.29) is 0 Å². The standard InChI is InChI=1S/C23H28N4/c1-19-17-20(2)27(24-19)18-25-13-15-26(16-14-25)23(21-9-5-3-6-10-21)22-11-7-4-8-12-22/h3-12,17,23H,13-16,18H2,1-2H3. The molecule has 4 nitrogen and oxygen atoms in total. The van der Waals surface area contributed by atoms with Crippen molar-refractivity contribution in [1.29, 1.82) is 0 Å².